The van der Waals surface area contributed by atoms with Gasteiger partial charge in [0.15, 0.2) is 0 Å². The van der Waals surface area contributed by atoms with Crippen molar-refractivity contribution in [2.45, 2.75) is 32.1 Å². The average molecular weight is 288 g/mol. The Morgan fingerprint density at radius 3 is 2.71 bits per heavy atom. The van der Waals surface area contributed by atoms with E-state index >= 15 is 0 Å². The molecular weight excluding hydrogens is 268 g/mol. The fourth-order valence-corrected chi connectivity index (χ4v) is 2.66. The van der Waals surface area contributed by atoms with E-state index in [0.29, 0.717) is 17.8 Å². The van der Waals surface area contributed by atoms with Crippen LogP contribution in [-0.4, -0.2) is 43.3 Å². The summed E-state index contributed by atoms with van der Waals surface area (Å²) in [6, 6.07) is 0. The van der Waals surface area contributed by atoms with Crippen LogP contribution in [0.1, 0.15) is 32.1 Å². The number of nitrogens with zero attached hydrogens (tertiary/aromatic N) is 6. The van der Waals surface area contributed by atoms with Crippen LogP contribution in [0.15, 0.2) is 12.7 Å². The van der Waals surface area contributed by atoms with Crippen molar-refractivity contribution in [3.63, 3.8) is 0 Å². The zero-order valence-electron chi connectivity index (χ0n) is 12.2. The van der Waals surface area contributed by atoms with Crippen LogP contribution < -0.4 is 10.6 Å². The van der Waals surface area contributed by atoms with E-state index in [9.17, 15) is 0 Å². The second-order valence-electron chi connectivity index (χ2n) is 5.24. The molecule has 2 aromatic rings. The predicted octanol–water partition coefficient (Wildman–Crippen LogP) is 1.49. The molecule has 8 heteroatoms. The van der Waals surface area contributed by atoms with Crippen LogP contribution in [-0.2, 0) is 0 Å². The first kappa shape index (κ1) is 13.7. The molecule has 0 aliphatic heterocycles. The third kappa shape index (κ3) is 3.45. The largest absolute Gasteiger partial charge is 0.357 e. The first-order chi connectivity index (χ1) is 10.3. The second kappa shape index (κ2) is 6.47. The minimum Gasteiger partial charge on any atom is -0.357 e. The fourth-order valence-electron chi connectivity index (χ4n) is 2.66. The molecule has 2 heterocycles. The van der Waals surface area contributed by atoms with Gasteiger partial charge >= 0.3 is 0 Å². The summed E-state index contributed by atoms with van der Waals surface area (Å²) in [4.78, 5) is 16.9. The van der Waals surface area contributed by atoms with Crippen LogP contribution in [0, 0.1) is 5.92 Å². The molecule has 0 saturated heterocycles. The SMILES string of the molecule is CNc1nc(NCCC2CCCC2)nc(-n2cncn2)n1. The van der Waals surface area contributed by atoms with E-state index in [0.717, 1.165) is 12.5 Å². The molecule has 1 saturated carbocycles. The summed E-state index contributed by atoms with van der Waals surface area (Å²) in [7, 11) is 1.78. The average Bonchev–Trinajstić information content (AvgIpc) is 3.20. The molecule has 2 N–H and O–H groups in total. The Kier molecular flexibility index (Phi) is 4.23. The third-order valence-corrected chi connectivity index (χ3v) is 3.78. The van der Waals surface area contributed by atoms with Crippen molar-refractivity contribution < 1.29 is 0 Å². The Morgan fingerprint density at radius 1 is 1.19 bits per heavy atom. The maximum Gasteiger partial charge on any atom is 0.258 e. The summed E-state index contributed by atoms with van der Waals surface area (Å²) < 4.78 is 1.52. The zero-order chi connectivity index (χ0) is 14.5. The lowest BCUT2D eigenvalue weighted by Crippen LogP contribution is -2.13. The number of rotatable bonds is 6. The van der Waals surface area contributed by atoms with Gasteiger partial charge in [-0.2, -0.15) is 24.7 Å². The van der Waals surface area contributed by atoms with Gasteiger partial charge in [-0.1, -0.05) is 25.7 Å². The highest BCUT2D eigenvalue weighted by molar-refractivity contribution is 5.37. The molecule has 0 amide bonds. The summed E-state index contributed by atoms with van der Waals surface area (Å²) >= 11 is 0. The van der Waals surface area contributed by atoms with Gasteiger partial charge in [-0.05, 0) is 12.3 Å². The standard InChI is InChI=1S/C13H20N8/c1-14-11-18-12(16-7-6-10-4-2-3-5-10)20-13(19-11)21-9-15-8-17-21/h8-10H,2-7H2,1H3,(H2,14,16,18,19,20). The lowest BCUT2D eigenvalue weighted by molar-refractivity contribution is 0.518. The molecule has 0 unspecified atom stereocenters. The van der Waals surface area contributed by atoms with Gasteiger partial charge in [0.2, 0.25) is 11.9 Å². The van der Waals surface area contributed by atoms with Gasteiger partial charge in [0.1, 0.15) is 12.7 Å². The number of nitrogens with one attached hydrogen (secondary N) is 2. The van der Waals surface area contributed by atoms with Crippen LogP contribution in [0.3, 0.4) is 0 Å². The van der Waals surface area contributed by atoms with Crippen molar-refractivity contribution in [2.24, 2.45) is 5.92 Å². The van der Waals surface area contributed by atoms with E-state index in [1.165, 1.54) is 43.1 Å². The molecular formula is C13H20N8. The lowest BCUT2D eigenvalue weighted by Gasteiger charge is -2.11. The summed E-state index contributed by atoms with van der Waals surface area (Å²) in [6.07, 6.45) is 9.63. The second-order valence-corrected chi connectivity index (χ2v) is 5.24. The van der Waals surface area contributed by atoms with E-state index in [4.69, 9.17) is 0 Å². The summed E-state index contributed by atoms with van der Waals surface area (Å²) in [5.41, 5.74) is 0. The molecule has 21 heavy (non-hydrogen) atoms. The van der Waals surface area contributed by atoms with Crippen LogP contribution >= 0.6 is 0 Å². The van der Waals surface area contributed by atoms with Crippen LogP contribution in [0.5, 0.6) is 0 Å². The molecule has 1 aliphatic carbocycles. The topological polar surface area (TPSA) is 93.4 Å². The quantitative estimate of drug-likeness (QED) is 0.831. The fraction of sp³-hybridized carbons (Fsp3) is 0.615. The molecule has 112 valence electrons. The molecule has 1 aliphatic rings. The maximum atomic E-state index is 4.38. The van der Waals surface area contributed by atoms with Crippen molar-refractivity contribution in [1.29, 1.82) is 0 Å². The van der Waals surface area contributed by atoms with Crippen LogP contribution in [0.2, 0.25) is 0 Å². The van der Waals surface area contributed by atoms with E-state index < -0.39 is 0 Å². The van der Waals surface area contributed by atoms with Crippen molar-refractivity contribution in [3.8, 4) is 5.95 Å². The maximum absolute atomic E-state index is 4.38. The van der Waals surface area contributed by atoms with E-state index in [1.54, 1.807) is 13.4 Å². The minimum atomic E-state index is 0.454. The molecule has 0 radical (unpaired) electrons. The van der Waals surface area contributed by atoms with E-state index in [-0.39, 0.29) is 0 Å². The Bertz CT molecular complexity index is 562. The Morgan fingerprint density at radius 2 is 2.00 bits per heavy atom. The molecule has 0 aromatic carbocycles. The summed E-state index contributed by atoms with van der Waals surface area (Å²) in [6.45, 7) is 0.884. The van der Waals surface area contributed by atoms with Gasteiger partial charge in [-0.25, -0.2) is 4.98 Å². The van der Waals surface area contributed by atoms with Gasteiger partial charge in [0.05, 0.1) is 0 Å². The van der Waals surface area contributed by atoms with Gasteiger partial charge in [-0.15, -0.1) is 0 Å². The van der Waals surface area contributed by atoms with Gasteiger partial charge in [-0.3, -0.25) is 0 Å². The highest BCUT2D eigenvalue weighted by Gasteiger charge is 2.14. The molecule has 0 bridgehead atoms. The first-order valence-corrected chi connectivity index (χ1v) is 7.38. The third-order valence-electron chi connectivity index (χ3n) is 3.78. The zero-order valence-corrected chi connectivity index (χ0v) is 12.2. The summed E-state index contributed by atoms with van der Waals surface area (Å²) in [5, 5.41) is 10.3. The monoisotopic (exact) mass is 288 g/mol. The molecule has 8 nitrogen and oxygen atoms in total. The van der Waals surface area contributed by atoms with Crippen LogP contribution in [0.25, 0.3) is 5.95 Å². The van der Waals surface area contributed by atoms with Crippen molar-refractivity contribution >= 4 is 11.9 Å². The lowest BCUT2D eigenvalue weighted by atomic mass is 10.0. The Balaban J connectivity index is 1.67. The molecule has 1 fully saturated rings. The number of hydrogen-bond donors (Lipinski definition) is 2. The minimum absolute atomic E-state index is 0.454. The van der Waals surface area contributed by atoms with Crippen molar-refractivity contribution in [3.05, 3.63) is 12.7 Å². The number of hydrogen-bond acceptors (Lipinski definition) is 7. The van der Waals surface area contributed by atoms with Gasteiger partial charge < -0.3 is 10.6 Å². The summed E-state index contributed by atoms with van der Waals surface area (Å²) in [5.74, 6) is 2.38. The van der Waals surface area contributed by atoms with Gasteiger partial charge in [0, 0.05) is 13.6 Å². The molecule has 0 spiro atoms. The first-order valence-electron chi connectivity index (χ1n) is 7.38. The van der Waals surface area contributed by atoms with Gasteiger partial charge in [0.25, 0.3) is 5.95 Å². The normalized spacial score (nSPS) is 15.3. The number of aromatic nitrogens is 6. The smallest absolute Gasteiger partial charge is 0.258 e. The highest BCUT2D eigenvalue weighted by Crippen LogP contribution is 2.27. The van der Waals surface area contributed by atoms with Crippen molar-refractivity contribution in [2.75, 3.05) is 24.2 Å². The molecule has 0 atom stereocenters. The molecule has 2 aromatic heterocycles. The van der Waals surface area contributed by atoms with Crippen molar-refractivity contribution in [1.82, 2.24) is 29.7 Å². The predicted molar refractivity (Wildman–Crippen MR) is 79.4 cm³/mol. The van der Waals surface area contributed by atoms with Crippen LogP contribution in [0.4, 0.5) is 11.9 Å². The van der Waals surface area contributed by atoms with E-state index in [2.05, 4.69) is 35.7 Å². The van der Waals surface area contributed by atoms with E-state index in [1.807, 2.05) is 0 Å². The highest BCUT2D eigenvalue weighted by atomic mass is 15.4. The Hall–Kier alpha value is -2.25. The number of anilines is 2. The molecule has 3 rings (SSSR count). The Labute approximate surface area is 123 Å².